The van der Waals surface area contributed by atoms with E-state index in [0.717, 1.165) is 11.3 Å². The Morgan fingerprint density at radius 1 is 1.37 bits per heavy atom. The SMILES string of the molecule is CCNC(=NCc1cccc(OC(F)F)c1)N1CCN(c2cnn(C)c2)C(=O)C1.I. The summed E-state index contributed by atoms with van der Waals surface area (Å²) in [6, 6.07) is 6.44. The molecule has 1 aliphatic heterocycles. The third-order valence-electron chi connectivity index (χ3n) is 4.39. The average Bonchev–Trinajstić information content (AvgIpc) is 3.11. The van der Waals surface area contributed by atoms with Crippen LogP contribution < -0.4 is 15.0 Å². The Hall–Kier alpha value is -2.44. The maximum atomic E-state index is 12.6. The fourth-order valence-corrected chi connectivity index (χ4v) is 3.09. The molecule has 1 fully saturated rings. The number of hydrogen-bond donors (Lipinski definition) is 1. The number of benzene rings is 1. The highest BCUT2D eigenvalue weighted by molar-refractivity contribution is 14.0. The molecular weight excluding hydrogens is 509 g/mol. The first-order valence-electron chi connectivity index (χ1n) is 9.32. The molecule has 1 aromatic carbocycles. The Morgan fingerprint density at radius 3 is 2.80 bits per heavy atom. The van der Waals surface area contributed by atoms with Crippen molar-refractivity contribution >= 4 is 41.5 Å². The largest absolute Gasteiger partial charge is 0.435 e. The summed E-state index contributed by atoms with van der Waals surface area (Å²) in [6.45, 7) is 1.32. The normalized spacial score (nSPS) is 14.7. The molecule has 0 bridgehead atoms. The monoisotopic (exact) mass is 534 g/mol. The van der Waals surface area contributed by atoms with Gasteiger partial charge in [-0.2, -0.15) is 13.9 Å². The van der Waals surface area contributed by atoms with Crippen molar-refractivity contribution < 1.29 is 18.3 Å². The van der Waals surface area contributed by atoms with E-state index >= 15 is 0 Å². The van der Waals surface area contributed by atoms with Crippen molar-refractivity contribution in [3.8, 4) is 5.75 Å². The molecule has 2 aromatic rings. The molecule has 1 saturated heterocycles. The number of aryl methyl sites for hydroxylation is 1. The molecule has 30 heavy (non-hydrogen) atoms. The molecule has 0 spiro atoms. The number of carbonyl (C=O) groups excluding carboxylic acids is 1. The lowest BCUT2D eigenvalue weighted by Gasteiger charge is -2.35. The van der Waals surface area contributed by atoms with Crippen molar-refractivity contribution in [3.05, 3.63) is 42.2 Å². The summed E-state index contributed by atoms with van der Waals surface area (Å²) in [7, 11) is 1.81. The van der Waals surface area contributed by atoms with E-state index in [1.54, 1.807) is 34.1 Å². The highest BCUT2D eigenvalue weighted by Gasteiger charge is 2.27. The Balaban J connectivity index is 0.00000320. The Labute approximate surface area is 190 Å². The number of nitrogens with one attached hydrogen (secondary N) is 1. The van der Waals surface area contributed by atoms with Gasteiger partial charge in [0.15, 0.2) is 5.96 Å². The molecule has 3 rings (SSSR count). The molecule has 0 atom stereocenters. The fourth-order valence-electron chi connectivity index (χ4n) is 3.09. The van der Waals surface area contributed by atoms with Crippen molar-refractivity contribution in [2.45, 2.75) is 20.1 Å². The number of aliphatic imine (C=N–C) groups is 1. The van der Waals surface area contributed by atoms with Crippen LogP contribution >= 0.6 is 24.0 Å². The highest BCUT2D eigenvalue weighted by Crippen LogP contribution is 2.18. The minimum atomic E-state index is -2.87. The number of rotatable bonds is 6. The molecule has 0 saturated carbocycles. The van der Waals surface area contributed by atoms with Crippen LogP contribution in [-0.2, 0) is 18.4 Å². The van der Waals surface area contributed by atoms with Crippen molar-refractivity contribution in [2.75, 3.05) is 31.1 Å². The molecule has 1 aromatic heterocycles. The molecule has 0 aliphatic carbocycles. The molecule has 2 heterocycles. The molecule has 164 valence electrons. The number of halogens is 3. The second-order valence-electron chi connectivity index (χ2n) is 6.54. The average molecular weight is 534 g/mol. The van der Waals surface area contributed by atoms with Crippen molar-refractivity contribution in [1.29, 1.82) is 0 Å². The van der Waals surface area contributed by atoms with Gasteiger partial charge in [0, 0.05) is 32.9 Å². The molecule has 8 nitrogen and oxygen atoms in total. The zero-order valence-corrected chi connectivity index (χ0v) is 19.1. The fraction of sp³-hybridized carbons (Fsp3) is 0.421. The summed E-state index contributed by atoms with van der Waals surface area (Å²) in [5.41, 5.74) is 1.51. The van der Waals surface area contributed by atoms with Gasteiger partial charge < -0.3 is 19.9 Å². The lowest BCUT2D eigenvalue weighted by molar-refractivity contribution is -0.120. The smallest absolute Gasteiger partial charge is 0.387 e. The number of piperazine rings is 1. The van der Waals surface area contributed by atoms with E-state index < -0.39 is 6.61 Å². The van der Waals surface area contributed by atoms with E-state index in [1.807, 2.05) is 18.9 Å². The summed E-state index contributed by atoms with van der Waals surface area (Å²) in [4.78, 5) is 20.8. The lowest BCUT2D eigenvalue weighted by Crippen LogP contribution is -2.55. The van der Waals surface area contributed by atoms with Crippen LogP contribution in [0.1, 0.15) is 12.5 Å². The van der Waals surface area contributed by atoms with Gasteiger partial charge >= 0.3 is 6.61 Å². The first-order valence-corrected chi connectivity index (χ1v) is 9.32. The summed E-state index contributed by atoms with van der Waals surface area (Å²) in [5.74, 6) is 0.659. The summed E-state index contributed by atoms with van der Waals surface area (Å²) >= 11 is 0. The number of amides is 1. The van der Waals surface area contributed by atoms with E-state index in [4.69, 9.17) is 0 Å². The maximum absolute atomic E-state index is 12.6. The number of ether oxygens (including phenoxy) is 1. The molecule has 0 unspecified atom stereocenters. The zero-order chi connectivity index (χ0) is 20.8. The van der Waals surface area contributed by atoms with E-state index in [2.05, 4.69) is 20.1 Å². The van der Waals surface area contributed by atoms with Crippen LogP contribution in [0.4, 0.5) is 14.5 Å². The van der Waals surface area contributed by atoms with Gasteiger partial charge in [0.05, 0.1) is 18.4 Å². The molecule has 1 aliphatic rings. The van der Waals surface area contributed by atoms with E-state index in [-0.39, 0.29) is 48.7 Å². The van der Waals surface area contributed by atoms with Gasteiger partial charge in [0.2, 0.25) is 5.91 Å². The van der Waals surface area contributed by atoms with Gasteiger partial charge in [-0.15, -0.1) is 24.0 Å². The van der Waals surface area contributed by atoms with Crippen molar-refractivity contribution in [1.82, 2.24) is 20.0 Å². The first-order chi connectivity index (χ1) is 14.0. The maximum Gasteiger partial charge on any atom is 0.387 e. The van der Waals surface area contributed by atoms with Gasteiger partial charge in [0.1, 0.15) is 12.3 Å². The van der Waals surface area contributed by atoms with Crippen LogP contribution in [-0.4, -0.2) is 59.3 Å². The number of carbonyl (C=O) groups is 1. The van der Waals surface area contributed by atoms with Crippen molar-refractivity contribution in [2.24, 2.45) is 12.0 Å². The first kappa shape index (κ1) is 23.8. The lowest BCUT2D eigenvalue weighted by atomic mass is 10.2. The highest BCUT2D eigenvalue weighted by atomic mass is 127. The predicted octanol–water partition coefficient (Wildman–Crippen LogP) is 2.45. The van der Waals surface area contributed by atoms with E-state index in [9.17, 15) is 13.6 Å². The van der Waals surface area contributed by atoms with Crippen LogP contribution in [0.2, 0.25) is 0 Å². The van der Waals surface area contributed by atoms with Crippen LogP contribution in [0.5, 0.6) is 5.75 Å². The Bertz CT molecular complexity index is 876. The number of anilines is 1. The third-order valence-corrected chi connectivity index (χ3v) is 4.39. The second-order valence-corrected chi connectivity index (χ2v) is 6.54. The van der Waals surface area contributed by atoms with Crippen LogP contribution in [0.3, 0.4) is 0 Å². The summed E-state index contributed by atoms with van der Waals surface area (Å²) in [5, 5.41) is 7.30. The zero-order valence-electron chi connectivity index (χ0n) is 16.8. The topological polar surface area (TPSA) is 75.0 Å². The molecule has 0 radical (unpaired) electrons. The predicted molar refractivity (Wildman–Crippen MR) is 120 cm³/mol. The number of hydrogen-bond acceptors (Lipinski definition) is 4. The molecule has 1 N–H and O–H groups in total. The molecule has 11 heteroatoms. The number of alkyl halides is 2. The number of guanidine groups is 1. The second kappa shape index (κ2) is 11.1. The van der Waals surface area contributed by atoms with Gasteiger partial charge in [-0.1, -0.05) is 12.1 Å². The van der Waals surface area contributed by atoms with Crippen LogP contribution in [0.15, 0.2) is 41.7 Å². The van der Waals surface area contributed by atoms with Gasteiger partial charge in [-0.25, -0.2) is 4.99 Å². The summed E-state index contributed by atoms with van der Waals surface area (Å²) < 4.78 is 30.9. The van der Waals surface area contributed by atoms with Gasteiger partial charge in [-0.05, 0) is 24.6 Å². The van der Waals surface area contributed by atoms with Crippen molar-refractivity contribution in [3.63, 3.8) is 0 Å². The number of aromatic nitrogens is 2. The van der Waals surface area contributed by atoms with E-state index in [0.29, 0.717) is 25.6 Å². The Morgan fingerprint density at radius 2 is 2.17 bits per heavy atom. The van der Waals surface area contributed by atoms with Gasteiger partial charge in [0.25, 0.3) is 0 Å². The Kier molecular flexibility index (Phi) is 8.81. The van der Waals surface area contributed by atoms with Crippen LogP contribution in [0.25, 0.3) is 0 Å². The summed E-state index contributed by atoms with van der Waals surface area (Å²) in [6.07, 6.45) is 3.47. The third kappa shape index (κ3) is 6.28. The quantitative estimate of drug-likeness (QED) is 0.350. The van der Waals surface area contributed by atoms with E-state index in [1.165, 1.54) is 12.1 Å². The van der Waals surface area contributed by atoms with Crippen LogP contribution in [0, 0.1) is 0 Å². The van der Waals surface area contributed by atoms with Gasteiger partial charge in [-0.3, -0.25) is 9.48 Å². The molecular formula is C19H25F2IN6O2. The standard InChI is InChI=1S/C19H24F2N6O2.HI/c1-3-22-19(23-10-14-5-4-6-16(9-14)29-18(20)21)26-7-8-27(17(28)13-26)15-11-24-25(2)12-15;/h4-6,9,11-12,18H,3,7-8,10,13H2,1-2H3,(H,22,23);1H. The minimum absolute atomic E-state index is 0. The molecule has 1 amide bonds. The minimum Gasteiger partial charge on any atom is -0.435 e. The number of nitrogens with zero attached hydrogens (tertiary/aromatic N) is 5.